The number of ether oxygens (including phenoxy) is 1. The third kappa shape index (κ3) is 2.86. The van der Waals surface area contributed by atoms with E-state index in [1.165, 1.54) is 12.8 Å². The molecule has 1 aliphatic rings. The summed E-state index contributed by atoms with van der Waals surface area (Å²) >= 11 is 5.99. The van der Waals surface area contributed by atoms with Crippen molar-refractivity contribution >= 4 is 17.3 Å². The van der Waals surface area contributed by atoms with Gasteiger partial charge in [0.25, 0.3) is 0 Å². The Labute approximate surface area is 108 Å². The minimum Gasteiger partial charge on any atom is -0.495 e. The van der Waals surface area contributed by atoms with E-state index >= 15 is 0 Å². The highest BCUT2D eigenvalue weighted by atomic mass is 35.5. The van der Waals surface area contributed by atoms with Gasteiger partial charge in [-0.15, -0.1) is 0 Å². The summed E-state index contributed by atoms with van der Waals surface area (Å²) in [5, 5.41) is 4.19. The summed E-state index contributed by atoms with van der Waals surface area (Å²) in [7, 11) is 1.64. The number of hydrogen-bond donors (Lipinski definition) is 1. The molecule has 1 fully saturated rings. The standard InChI is InChI=1S/C14H20ClNO/c1-9(2)10-6-12(7-10)16-11-4-5-13(15)14(8-11)17-3/h4-5,8-10,12,16H,6-7H2,1-3H3. The first-order valence-corrected chi connectivity index (χ1v) is 6.58. The molecule has 1 aromatic rings. The van der Waals surface area contributed by atoms with Crippen LogP contribution < -0.4 is 10.1 Å². The van der Waals surface area contributed by atoms with Gasteiger partial charge in [-0.3, -0.25) is 0 Å². The van der Waals surface area contributed by atoms with Gasteiger partial charge in [0.05, 0.1) is 12.1 Å². The molecule has 0 aliphatic heterocycles. The molecule has 0 saturated heterocycles. The first kappa shape index (κ1) is 12.6. The van der Waals surface area contributed by atoms with Gasteiger partial charge in [0.2, 0.25) is 0 Å². The Morgan fingerprint density at radius 3 is 2.65 bits per heavy atom. The van der Waals surface area contributed by atoms with E-state index in [-0.39, 0.29) is 0 Å². The van der Waals surface area contributed by atoms with Crippen molar-refractivity contribution in [3.05, 3.63) is 23.2 Å². The van der Waals surface area contributed by atoms with Crippen LogP contribution in [0.5, 0.6) is 5.75 Å². The molecule has 0 spiro atoms. The van der Waals surface area contributed by atoms with E-state index in [1.807, 2.05) is 18.2 Å². The van der Waals surface area contributed by atoms with E-state index in [0.717, 1.165) is 23.3 Å². The van der Waals surface area contributed by atoms with Crippen molar-refractivity contribution in [1.82, 2.24) is 0 Å². The lowest BCUT2D eigenvalue weighted by Crippen LogP contribution is -2.37. The molecule has 0 aromatic heterocycles. The van der Waals surface area contributed by atoms with Crippen molar-refractivity contribution in [3.8, 4) is 5.75 Å². The maximum absolute atomic E-state index is 5.99. The molecule has 0 heterocycles. The number of methoxy groups -OCH3 is 1. The maximum atomic E-state index is 5.99. The molecular weight excluding hydrogens is 234 g/mol. The Morgan fingerprint density at radius 1 is 1.35 bits per heavy atom. The number of nitrogens with one attached hydrogen (secondary N) is 1. The topological polar surface area (TPSA) is 21.3 Å². The minimum absolute atomic E-state index is 0.605. The van der Waals surface area contributed by atoms with Crippen LogP contribution in [0.1, 0.15) is 26.7 Å². The molecule has 2 rings (SSSR count). The fraction of sp³-hybridized carbons (Fsp3) is 0.571. The number of anilines is 1. The SMILES string of the molecule is COc1cc(NC2CC(C(C)C)C2)ccc1Cl. The third-order valence-electron chi connectivity index (χ3n) is 3.64. The van der Waals surface area contributed by atoms with Gasteiger partial charge in [0.1, 0.15) is 5.75 Å². The first-order valence-electron chi connectivity index (χ1n) is 6.20. The zero-order valence-electron chi connectivity index (χ0n) is 10.7. The van der Waals surface area contributed by atoms with Crippen LogP contribution in [-0.2, 0) is 0 Å². The highest BCUT2D eigenvalue weighted by molar-refractivity contribution is 6.32. The van der Waals surface area contributed by atoms with Crippen molar-refractivity contribution in [2.24, 2.45) is 11.8 Å². The normalized spacial score (nSPS) is 23.4. The van der Waals surface area contributed by atoms with Crippen LogP contribution >= 0.6 is 11.6 Å². The summed E-state index contributed by atoms with van der Waals surface area (Å²) in [5.74, 6) is 2.41. The van der Waals surface area contributed by atoms with E-state index in [1.54, 1.807) is 7.11 Å². The maximum Gasteiger partial charge on any atom is 0.139 e. The summed E-state index contributed by atoms with van der Waals surface area (Å²) in [6.07, 6.45) is 2.53. The number of benzene rings is 1. The predicted octanol–water partition coefficient (Wildman–Crippen LogP) is 4.20. The summed E-state index contributed by atoms with van der Waals surface area (Å²) in [6, 6.07) is 6.45. The van der Waals surface area contributed by atoms with Crippen molar-refractivity contribution in [3.63, 3.8) is 0 Å². The summed E-state index contributed by atoms with van der Waals surface area (Å²) in [6.45, 7) is 4.60. The second kappa shape index (κ2) is 5.18. The van der Waals surface area contributed by atoms with Crippen LogP contribution in [0.3, 0.4) is 0 Å². The monoisotopic (exact) mass is 253 g/mol. The van der Waals surface area contributed by atoms with E-state index < -0.39 is 0 Å². The average Bonchev–Trinajstić information content (AvgIpc) is 2.24. The number of hydrogen-bond acceptors (Lipinski definition) is 2. The molecule has 2 nitrogen and oxygen atoms in total. The van der Waals surface area contributed by atoms with E-state index in [4.69, 9.17) is 16.3 Å². The van der Waals surface area contributed by atoms with Crippen LogP contribution in [-0.4, -0.2) is 13.2 Å². The Hall–Kier alpha value is -0.890. The summed E-state index contributed by atoms with van der Waals surface area (Å²) < 4.78 is 5.21. The lowest BCUT2D eigenvalue weighted by Gasteiger charge is -2.39. The van der Waals surface area contributed by atoms with Crippen LogP contribution in [0.25, 0.3) is 0 Å². The molecule has 1 N–H and O–H groups in total. The van der Waals surface area contributed by atoms with E-state index in [9.17, 15) is 0 Å². The molecule has 0 radical (unpaired) electrons. The lowest BCUT2D eigenvalue weighted by molar-refractivity contribution is 0.212. The highest BCUT2D eigenvalue weighted by Crippen LogP contribution is 2.36. The molecule has 0 amide bonds. The Morgan fingerprint density at radius 2 is 2.06 bits per heavy atom. The lowest BCUT2D eigenvalue weighted by atomic mass is 9.73. The van der Waals surface area contributed by atoms with Crippen LogP contribution in [0.2, 0.25) is 5.02 Å². The smallest absolute Gasteiger partial charge is 0.139 e. The van der Waals surface area contributed by atoms with Crippen molar-refractivity contribution in [2.75, 3.05) is 12.4 Å². The van der Waals surface area contributed by atoms with Crippen molar-refractivity contribution in [1.29, 1.82) is 0 Å². The molecule has 94 valence electrons. The summed E-state index contributed by atoms with van der Waals surface area (Å²) in [5.41, 5.74) is 1.10. The molecule has 3 heteroatoms. The molecule has 0 bridgehead atoms. The highest BCUT2D eigenvalue weighted by Gasteiger charge is 2.30. The average molecular weight is 254 g/mol. The van der Waals surface area contributed by atoms with Gasteiger partial charge >= 0.3 is 0 Å². The predicted molar refractivity (Wildman–Crippen MR) is 73.0 cm³/mol. The molecule has 1 aliphatic carbocycles. The van der Waals surface area contributed by atoms with Crippen LogP contribution in [0, 0.1) is 11.8 Å². The van der Waals surface area contributed by atoms with Crippen molar-refractivity contribution < 1.29 is 4.74 Å². The van der Waals surface area contributed by atoms with Gasteiger partial charge in [-0.1, -0.05) is 25.4 Å². The van der Waals surface area contributed by atoms with E-state index in [2.05, 4.69) is 19.2 Å². The second-order valence-corrected chi connectivity index (χ2v) is 5.57. The second-order valence-electron chi connectivity index (χ2n) is 5.17. The minimum atomic E-state index is 0.605. The third-order valence-corrected chi connectivity index (χ3v) is 3.95. The van der Waals surface area contributed by atoms with E-state index in [0.29, 0.717) is 11.1 Å². The van der Waals surface area contributed by atoms with Gasteiger partial charge in [-0.2, -0.15) is 0 Å². The molecule has 17 heavy (non-hydrogen) atoms. The fourth-order valence-electron chi connectivity index (χ4n) is 2.31. The first-order chi connectivity index (χ1) is 8.10. The zero-order chi connectivity index (χ0) is 12.4. The van der Waals surface area contributed by atoms with Crippen LogP contribution in [0.4, 0.5) is 5.69 Å². The molecule has 0 atom stereocenters. The Bertz CT molecular complexity index is 386. The van der Waals surface area contributed by atoms with Gasteiger partial charge < -0.3 is 10.1 Å². The van der Waals surface area contributed by atoms with Gasteiger partial charge in [0.15, 0.2) is 0 Å². The van der Waals surface area contributed by atoms with Crippen molar-refractivity contribution in [2.45, 2.75) is 32.7 Å². The molecule has 0 unspecified atom stereocenters. The number of halogens is 1. The zero-order valence-corrected chi connectivity index (χ0v) is 11.4. The number of rotatable bonds is 4. The van der Waals surface area contributed by atoms with Gasteiger partial charge in [-0.25, -0.2) is 0 Å². The van der Waals surface area contributed by atoms with Crippen LogP contribution in [0.15, 0.2) is 18.2 Å². The fourth-order valence-corrected chi connectivity index (χ4v) is 2.50. The molecule has 1 saturated carbocycles. The Kier molecular flexibility index (Phi) is 3.82. The van der Waals surface area contributed by atoms with Gasteiger partial charge in [-0.05, 0) is 36.8 Å². The quantitative estimate of drug-likeness (QED) is 0.869. The Balaban J connectivity index is 1.92. The van der Waals surface area contributed by atoms with Gasteiger partial charge in [0, 0.05) is 17.8 Å². The molecule has 1 aromatic carbocycles. The molecular formula is C14H20ClNO. The largest absolute Gasteiger partial charge is 0.495 e. The summed E-state index contributed by atoms with van der Waals surface area (Å²) in [4.78, 5) is 0.